The molecule has 0 aromatic heterocycles. The van der Waals surface area contributed by atoms with E-state index in [1.807, 2.05) is 0 Å². The first-order valence-electron chi connectivity index (χ1n) is 4.85. The molecule has 94 valence electrons. The molecule has 1 aromatic carbocycles. The van der Waals surface area contributed by atoms with E-state index in [-0.39, 0.29) is 22.0 Å². The monoisotopic (exact) mass is 253 g/mol. The van der Waals surface area contributed by atoms with Crippen molar-refractivity contribution in [2.24, 2.45) is 0 Å². The van der Waals surface area contributed by atoms with E-state index in [1.54, 1.807) is 0 Å². The van der Waals surface area contributed by atoms with Crippen molar-refractivity contribution in [2.75, 3.05) is 5.01 Å². The molecule has 1 aromatic rings. The van der Waals surface area contributed by atoms with Crippen LogP contribution in [0.5, 0.6) is 5.75 Å². The number of rotatable bonds is 2. The summed E-state index contributed by atoms with van der Waals surface area (Å²) in [5.41, 5.74) is -0.230. The largest absolute Gasteiger partial charge is 0.508 e. The summed E-state index contributed by atoms with van der Waals surface area (Å²) in [4.78, 5) is 32.4. The summed E-state index contributed by atoms with van der Waals surface area (Å²) in [6.07, 6.45) is -0.607. The highest BCUT2D eigenvalue weighted by molar-refractivity contribution is 5.94. The Kier molecular flexibility index (Phi) is 2.58. The van der Waals surface area contributed by atoms with Crippen molar-refractivity contribution < 1.29 is 19.9 Å². The summed E-state index contributed by atoms with van der Waals surface area (Å²) in [6.45, 7) is 0. The summed E-state index contributed by atoms with van der Waals surface area (Å²) in [5, 5.41) is 30.2. The van der Waals surface area contributed by atoms with E-state index < -0.39 is 28.3 Å². The number of nitro groups is 2. The Labute approximate surface area is 99.5 Å². The topological polar surface area (TPSA) is 127 Å². The summed E-state index contributed by atoms with van der Waals surface area (Å²) in [6, 6.07) is 1.92. The first kappa shape index (κ1) is 11.8. The van der Waals surface area contributed by atoms with Crippen LogP contribution in [-0.2, 0) is 4.79 Å². The third-order valence-corrected chi connectivity index (χ3v) is 2.62. The molecule has 2 rings (SSSR count). The Morgan fingerprint density at radius 3 is 2.56 bits per heavy atom. The summed E-state index contributed by atoms with van der Waals surface area (Å²) < 4.78 is 0. The van der Waals surface area contributed by atoms with E-state index in [2.05, 4.69) is 0 Å². The Hall–Kier alpha value is -2.71. The van der Waals surface area contributed by atoms with Crippen LogP contribution in [-0.4, -0.2) is 21.0 Å². The number of carbonyl (C=O) groups excluding carboxylic acids is 1. The number of hydrogen-bond acceptors (Lipinski definition) is 6. The Balaban J connectivity index is 2.63. The average Bonchev–Trinajstić information content (AvgIpc) is 2.27. The van der Waals surface area contributed by atoms with Crippen LogP contribution in [0, 0.1) is 20.2 Å². The fraction of sp³-hybridized carbons (Fsp3) is 0.222. The fourth-order valence-electron chi connectivity index (χ4n) is 1.87. The highest BCUT2D eigenvalue weighted by Crippen LogP contribution is 2.38. The summed E-state index contributed by atoms with van der Waals surface area (Å²) in [5.74, 6) is -1.21. The summed E-state index contributed by atoms with van der Waals surface area (Å²) in [7, 11) is 0. The molecule has 18 heavy (non-hydrogen) atoms. The number of carbonyl (C=O) groups is 1. The molecule has 1 atom stereocenters. The highest BCUT2D eigenvalue weighted by Gasteiger charge is 2.43. The number of fused-ring (bicyclic) bond motifs is 1. The Morgan fingerprint density at radius 1 is 1.33 bits per heavy atom. The van der Waals surface area contributed by atoms with Crippen LogP contribution in [0.15, 0.2) is 18.2 Å². The molecule has 0 bridgehead atoms. The number of nitrogens with zero attached hydrogens (tertiary/aromatic N) is 3. The molecular weight excluding hydrogens is 246 g/mol. The quantitative estimate of drug-likeness (QED) is 0.608. The van der Waals surface area contributed by atoms with Gasteiger partial charge in [0.15, 0.2) is 5.03 Å². The van der Waals surface area contributed by atoms with Crippen LogP contribution in [0.3, 0.4) is 0 Å². The second-order valence-corrected chi connectivity index (χ2v) is 3.69. The fourth-order valence-corrected chi connectivity index (χ4v) is 1.87. The van der Waals surface area contributed by atoms with Crippen LogP contribution in [0.25, 0.3) is 0 Å². The molecule has 0 radical (unpaired) electrons. The van der Waals surface area contributed by atoms with Gasteiger partial charge in [-0.2, -0.15) is 0 Å². The molecule has 9 heteroatoms. The van der Waals surface area contributed by atoms with Crippen molar-refractivity contribution in [3.8, 4) is 5.75 Å². The van der Waals surface area contributed by atoms with Gasteiger partial charge in [-0.1, -0.05) is 0 Å². The standard InChI is InChI=1S/C9H7N3O6/c13-5-1-2-7-6(3-5)8(11(15)16)4-9(14)10(7)12(17)18/h1-3,8,13H,4H2. The van der Waals surface area contributed by atoms with Gasteiger partial charge in [-0.05, 0) is 23.2 Å². The predicted molar refractivity (Wildman–Crippen MR) is 56.9 cm³/mol. The van der Waals surface area contributed by atoms with Gasteiger partial charge in [0.2, 0.25) is 6.04 Å². The zero-order chi connectivity index (χ0) is 13.4. The third kappa shape index (κ3) is 1.71. The second kappa shape index (κ2) is 3.95. The second-order valence-electron chi connectivity index (χ2n) is 3.69. The van der Waals surface area contributed by atoms with Gasteiger partial charge in [0.25, 0.3) is 5.91 Å². The van der Waals surface area contributed by atoms with Crippen LogP contribution < -0.4 is 5.01 Å². The van der Waals surface area contributed by atoms with Crippen molar-refractivity contribution in [3.63, 3.8) is 0 Å². The van der Waals surface area contributed by atoms with Crippen molar-refractivity contribution in [1.29, 1.82) is 0 Å². The lowest BCUT2D eigenvalue weighted by molar-refractivity contribution is -0.532. The number of hydrazine groups is 1. The van der Waals surface area contributed by atoms with Gasteiger partial charge in [0, 0.05) is 4.92 Å². The van der Waals surface area contributed by atoms with Crippen LogP contribution in [0.1, 0.15) is 18.0 Å². The molecular formula is C9H7N3O6. The molecule has 1 unspecified atom stereocenters. The summed E-state index contributed by atoms with van der Waals surface area (Å²) >= 11 is 0. The molecule has 0 fully saturated rings. The van der Waals surface area contributed by atoms with Gasteiger partial charge in [-0.15, -0.1) is 0 Å². The lowest BCUT2D eigenvalue weighted by Gasteiger charge is -2.22. The maximum Gasteiger partial charge on any atom is 0.296 e. The molecule has 1 heterocycles. The number of anilines is 1. The Bertz CT molecular complexity index is 557. The lowest BCUT2D eigenvalue weighted by atomic mass is 9.97. The van der Waals surface area contributed by atoms with E-state index >= 15 is 0 Å². The minimum atomic E-state index is -1.38. The van der Waals surface area contributed by atoms with E-state index in [0.29, 0.717) is 0 Å². The predicted octanol–water partition coefficient (Wildman–Crippen LogP) is 0.638. The van der Waals surface area contributed by atoms with Crippen LogP contribution in [0.2, 0.25) is 0 Å². The van der Waals surface area contributed by atoms with Crippen molar-refractivity contribution >= 4 is 11.6 Å². The van der Waals surface area contributed by atoms with Gasteiger partial charge >= 0.3 is 0 Å². The molecule has 0 aliphatic carbocycles. The molecule has 1 N–H and O–H groups in total. The first-order chi connectivity index (χ1) is 8.41. The smallest absolute Gasteiger partial charge is 0.296 e. The lowest BCUT2D eigenvalue weighted by Crippen LogP contribution is -2.42. The maximum absolute atomic E-state index is 11.5. The van der Waals surface area contributed by atoms with Gasteiger partial charge in [-0.3, -0.25) is 14.9 Å². The number of aromatic hydroxyl groups is 1. The van der Waals surface area contributed by atoms with E-state index in [9.17, 15) is 30.1 Å². The molecule has 9 nitrogen and oxygen atoms in total. The zero-order valence-electron chi connectivity index (χ0n) is 8.85. The van der Waals surface area contributed by atoms with Crippen LogP contribution >= 0.6 is 0 Å². The van der Waals surface area contributed by atoms with Crippen molar-refractivity contribution in [3.05, 3.63) is 44.0 Å². The number of benzene rings is 1. The van der Waals surface area contributed by atoms with Crippen molar-refractivity contribution in [1.82, 2.24) is 0 Å². The molecule has 0 saturated heterocycles. The SMILES string of the molecule is O=C1CC([N+](=O)[O-])c2cc(O)ccc2N1[N+](=O)[O-]. The molecule has 0 saturated carbocycles. The number of phenolic OH excluding ortho intramolecular Hbond substituents is 1. The van der Waals surface area contributed by atoms with Gasteiger partial charge in [0.05, 0.1) is 5.56 Å². The van der Waals surface area contributed by atoms with E-state index in [1.165, 1.54) is 0 Å². The van der Waals surface area contributed by atoms with E-state index in [0.717, 1.165) is 18.2 Å². The van der Waals surface area contributed by atoms with Gasteiger partial charge in [-0.25, -0.2) is 10.1 Å². The van der Waals surface area contributed by atoms with Crippen LogP contribution in [0.4, 0.5) is 5.69 Å². The maximum atomic E-state index is 11.5. The van der Waals surface area contributed by atoms with Crippen molar-refractivity contribution in [2.45, 2.75) is 12.5 Å². The molecule has 0 spiro atoms. The van der Waals surface area contributed by atoms with Gasteiger partial charge < -0.3 is 5.11 Å². The zero-order valence-corrected chi connectivity index (χ0v) is 8.85. The number of amides is 1. The minimum Gasteiger partial charge on any atom is -0.508 e. The first-order valence-corrected chi connectivity index (χ1v) is 4.85. The minimum absolute atomic E-state index is 0.0451. The number of phenols is 1. The highest BCUT2D eigenvalue weighted by atomic mass is 16.7. The molecule has 1 aliphatic rings. The normalized spacial score (nSPS) is 18.3. The van der Waals surface area contributed by atoms with E-state index in [4.69, 9.17) is 0 Å². The molecule has 1 aliphatic heterocycles. The third-order valence-electron chi connectivity index (χ3n) is 2.62. The number of hydrogen-bond donors (Lipinski definition) is 1. The molecule has 1 amide bonds. The van der Waals surface area contributed by atoms with Gasteiger partial charge in [0.1, 0.15) is 17.9 Å². The average molecular weight is 253 g/mol. The Morgan fingerprint density at radius 2 is 2.00 bits per heavy atom.